The van der Waals surface area contributed by atoms with Crippen LogP contribution in [0, 0.1) is 0 Å². The molecule has 3 amide bonds. The Labute approximate surface area is 195 Å². The van der Waals surface area contributed by atoms with Crippen molar-refractivity contribution in [3.05, 3.63) is 23.9 Å². The molecule has 33 heavy (non-hydrogen) atoms. The van der Waals surface area contributed by atoms with Gasteiger partial charge < -0.3 is 14.4 Å². The molecule has 3 heterocycles. The Kier molecular flexibility index (Phi) is 7.94. The first-order valence-corrected chi connectivity index (χ1v) is 11.7. The Morgan fingerprint density at radius 2 is 1.91 bits per heavy atom. The summed E-state index contributed by atoms with van der Waals surface area (Å²) in [6.45, 7) is 12.5. The van der Waals surface area contributed by atoms with Gasteiger partial charge in [-0.1, -0.05) is 0 Å². The number of imide groups is 1. The first kappa shape index (κ1) is 25.0. The Morgan fingerprint density at radius 1 is 1.21 bits per heavy atom. The van der Waals surface area contributed by atoms with E-state index in [1.54, 1.807) is 23.2 Å². The van der Waals surface area contributed by atoms with Crippen molar-refractivity contribution in [1.29, 1.82) is 0 Å². The van der Waals surface area contributed by atoms with E-state index in [-0.39, 0.29) is 35.9 Å². The van der Waals surface area contributed by atoms with E-state index in [2.05, 4.69) is 29.0 Å². The zero-order chi connectivity index (χ0) is 24.2. The van der Waals surface area contributed by atoms with Gasteiger partial charge in [0.05, 0.1) is 12.5 Å². The van der Waals surface area contributed by atoms with Crippen molar-refractivity contribution in [2.45, 2.75) is 77.5 Å². The highest BCUT2D eigenvalue weighted by atomic mass is 16.6. The molecule has 1 aromatic heterocycles. The molecule has 0 aliphatic carbocycles. The molecule has 2 aliphatic heterocycles. The zero-order valence-corrected chi connectivity index (χ0v) is 20.3. The Hall–Kier alpha value is -2.68. The second-order valence-electron chi connectivity index (χ2n) is 9.95. The van der Waals surface area contributed by atoms with Crippen LogP contribution in [0.25, 0.3) is 0 Å². The number of piperidine rings is 1. The predicted octanol–water partition coefficient (Wildman–Crippen LogP) is 2.70. The quantitative estimate of drug-likeness (QED) is 0.514. The second kappa shape index (κ2) is 10.5. The van der Waals surface area contributed by atoms with Crippen LogP contribution in [0.5, 0.6) is 5.88 Å². The van der Waals surface area contributed by atoms with Gasteiger partial charge in [-0.2, -0.15) is 0 Å². The topological polar surface area (TPSA) is 101 Å². The average Bonchev–Trinajstić information content (AvgIpc) is 2.71. The van der Waals surface area contributed by atoms with Gasteiger partial charge in [-0.15, -0.1) is 0 Å². The third-order valence-electron chi connectivity index (χ3n) is 5.96. The molecule has 9 nitrogen and oxygen atoms in total. The normalized spacial score (nSPS) is 24.4. The Bertz CT molecular complexity index is 857. The van der Waals surface area contributed by atoms with Crippen LogP contribution in [0.2, 0.25) is 0 Å². The minimum atomic E-state index is -0.498. The molecule has 1 N–H and O–H groups in total. The lowest BCUT2D eigenvalue weighted by Gasteiger charge is -2.44. The molecule has 0 aromatic carbocycles. The van der Waals surface area contributed by atoms with Gasteiger partial charge in [0, 0.05) is 50.4 Å². The standard InChI is InChI=1S/C24H36N4O5/c1-16-14-27(23(31)33-24(3,4)5)15-17(2)28(16)11-6-12-32-21-13-18(9-10-25-21)19-7-8-20(29)26-22(19)30/h9-10,13,16-17,19H,6-8,11-12,14-15H2,1-5H3,(H,26,29,30)/t16-,17+,19?. The minimum absolute atomic E-state index is 0.218. The van der Waals surface area contributed by atoms with Crippen LogP contribution in [0.15, 0.2) is 18.3 Å². The molecule has 2 aliphatic rings. The number of rotatable bonds is 6. The van der Waals surface area contributed by atoms with Crippen molar-refractivity contribution in [2.75, 3.05) is 26.2 Å². The maximum absolute atomic E-state index is 12.4. The number of aromatic nitrogens is 1. The summed E-state index contributed by atoms with van der Waals surface area (Å²) in [5.41, 5.74) is 0.312. The summed E-state index contributed by atoms with van der Waals surface area (Å²) in [4.78, 5) is 44.3. The van der Waals surface area contributed by atoms with Crippen LogP contribution in [0.4, 0.5) is 4.79 Å². The number of carbonyl (C=O) groups excluding carboxylic acids is 3. The fourth-order valence-electron chi connectivity index (χ4n) is 4.43. The molecule has 2 saturated heterocycles. The van der Waals surface area contributed by atoms with E-state index in [1.807, 2.05) is 20.8 Å². The molecular weight excluding hydrogens is 424 g/mol. The smallest absolute Gasteiger partial charge is 0.410 e. The molecule has 3 atom stereocenters. The van der Waals surface area contributed by atoms with E-state index in [0.29, 0.717) is 38.4 Å². The number of piperazine rings is 1. The van der Waals surface area contributed by atoms with Crippen molar-refractivity contribution in [3.63, 3.8) is 0 Å². The van der Waals surface area contributed by atoms with Crippen LogP contribution in [-0.4, -0.2) is 76.6 Å². The average molecular weight is 461 g/mol. The van der Waals surface area contributed by atoms with Gasteiger partial charge in [0.15, 0.2) is 0 Å². The predicted molar refractivity (Wildman–Crippen MR) is 123 cm³/mol. The third kappa shape index (κ3) is 6.90. The first-order valence-electron chi connectivity index (χ1n) is 11.7. The summed E-state index contributed by atoms with van der Waals surface area (Å²) in [7, 11) is 0. The van der Waals surface area contributed by atoms with Crippen LogP contribution >= 0.6 is 0 Å². The Morgan fingerprint density at radius 3 is 2.55 bits per heavy atom. The molecule has 9 heteroatoms. The highest BCUT2D eigenvalue weighted by Crippen LogP contribution is 2.26. The van der Waals surface area contributed by atoms with Gasteiger partial charge in [-0.05, 0) is 59.1 Å². The van der Waals surface area contributed by atoms with Crippen molar-refractivity contribution in [3.8, 4) is 5.88 Å². The minimum Gasteiger partial charge on any atom is -0.478 e. The number of nitrogens with one attached hydrogen (secondary N) is 1. The highest BCUT2D eigenvalue weighted by molar-refractivity contribution is 6.00. The molecule has 1 unspecified atom stereocenters. The maximum atomic E-state index is 12.4. The van der Waals surface area contributed by atoms with Crippen LogP contribution < -0.4 is 10.1 Å². The number of amides is 3. The molecule has 182 valence electrons. The van der Waals surface area contributed by atoms with Crippen LogP contribution in [-0.2, 0) is 14.3 Å². The second-order valence-corrected chi connectivity index (χ2v) is 9.95. The summed E-state index contributed by atoms with van der Waals surface area (Å²) < 4.78 is 11.4. The summed E-state index contributed by atoms with van der Waals surface area (Å²) in [6, 6.07) is 4.01. The monoisotopic (exact) mass is 460 g/mol. The first-order chi connectivity index (χ1) is 15.5. The number of carbonyl (C=O) groups is 3. The summed E-state index contributed by atoms with van der Waals surface area (Å²) in [5, 5.41) is 2.39. The zero-order valence-electron chi connectivity index (χ0n) is 20.3. The molecule has 1 aromatic rings. The van der Waals surface area contributed by atoms with E-state index < -0.39 is 5.60 Å². The van der Waals surface area contributed by atoms with Gasteiger partial charge in [-0.25, -0.2) is 9.78 Å². The Balaban J connectivity index is 1.46. The van der Waals surface area contributed by atoms with Crippen molar-refractivity contribution in [2.24, 2.45) is 0 Å². The maximum Gasteiger partial charge on any atom is 0.410 e. The van der Waals surface area contributed by atoms with E-state index in [9.17, 15) is 14.4 Å². The van der Waals surface area contributed by atoms with Gasteiger partial charge in [0.1, 0.15) is 5.60 Å². The lowest BCUT2D eigenvalue weighted by Crippen LogP contribution is -2.58. The number of hydrogen-bond donors (Lipinski definition) is 1. The van der Waals surface area contributed by atoms with Crippen molar-refractivity contribution in [1.82, 2.24) is 20.1 Å². The van der Waals surface area contributed by atoms with Gasteiger partial charge in [0.25, 0.3) is 0 Å². The fraction of sp³-hybridized carbons (Fsp3) is 0.667. The number of ether oxygens (including phenoxy) is 2. The SMILES string of the molecule is C[C@@H]1CN(C(=O)OC(C)(C)C)C[C@H](C)N1CCCOc1cc(C2CCC(=O)NC2=O)ccn1. The molecule has 0 bridgehead atoms. The summed E-state index contributed by atoms with van der Waals surface area (Å²) >= 11 is 0. The molecule has 2 fully saturated rings. The summed E-state index contributed by atoms with van der Waals surface area (Å²) in [5.74, 6) is -0.363. The largest absolute Gasteiger partial charge is 0.478 e. The fourth-order valence-corrected chi connectivity index (χ4v) is 4.43. The van der Waals surface area contributed by atoms with E-state index in [4.69, 9.17) is 9.47 Å². The molecule has 0 saturated carbocycles. The van der Waals surface area contributed by atoms with E-state index in [1.165, 1.54) is 0 Å². The van der Waals surface area contributed by atoms with E-state index >= 15 is 0 Å². The summed E-state index contributed by atoms with van der Waals surface area (Å²) in [6.07, 6.45) is 3.03. The van der Waals surface area contributed by atoms with E-state index in [0.717, 1.165) is 18.5 Å². The van der Waals surface area contributed by atoms with Gasteiger partial charge >= 0.3 is 6.09 Å². The van der Waals surface area contributed by atoms with Crippen LogP contribution in [0.3, 0.4) is 0 Å². The van der Waals surface area contributed by atoms with Crippen molar-refractivity contribution < 1.29 is 23.9 Å². The lowest BCUT2D eigenvalue weighted by atomic mass is 9.91. The van der Waals surface area contributed by atoms with Crippen molar-refractivity contribution >= 4 is 17.9 Å². The highest BCUT2D eigenvalue weighted by Gasteiger charge is 2.33. The molecule has 0 radical (unpaired) electrons. The number of hydrogen-bond acceptors (Lipinski definition) is 7. The molecule has 0 spiro atoms. The number of pyridine rings is 1. The van der Waals surface area contributed by atoms with Gasteiger partial charge in [-0.3, -0.25) is 19.8 Å². The number of nitrogens with zero attached hydrogens (tertiary/aromatic N) is 3. The molecule has 3 rings (SSSR count). The third-order valence-corrected chi connectivity index (χ3v) is 5.96. The molecular formula is C24H36N4O5. The lowest BCUT2D eigenvalue weighted by molar-refractivity contribution is -0.134. The van der Waals surface area contributed by atoms with Crippen LogP contribution in [0.1, 0.15) is 65.4 Å². The van der Waals surface area contributed by atoms with Gasteiger partial charge in [0.2, 0.25) is 17.7 Å².